The first-order valence-electron chi connectivity index (χ1n) is 11.3. The van der Waals surface area contributed by atoms with Crippen LogP contribution in [0.3, 0.4) is 0 Å². The van der Waals surface area contributed by atoms with Gasteiger partial charge in [-0.1, -0.05) is 56.5 Å². The molecule has 32 heavy (non-hydrogen) atoms. The molecule has 2 aliphatic rings. The number of anilines is 1. The van der Waals surface area contributed by atoms with Crippen LogP contribution in [0.25, 0.3) is 11.1 Å². The molecule has 2 N–H and O–H groups in total. The average molecular weight is 472 g/mol. The summed E-state index contributed by atoms with van der Waals surface area (Å²) in [7, 11) is 1.87. The Morgan fingerprint density at radius 3 is 2.69 bits per heavy atom. The molecule has 2 aromatic heterocycles. The van der Waals surface area contributed by atoms with Crippen molar-refractivity contribution in [1.82, 2.24) is 20.1 Å². The van der Waals surface area contributed by atoms with Gasteiger partial charge >= 0.3 is 0 Å². The Morgan fingerprint density at radius 2 is 1.94 bits per heavy atom. The smallest absolute Gasteiger partial charge is 0.146 e. The standard InChI is InChI=1S/C22H24ClN5OS.C2H6/c1-28-13-14(11-25-28)18-9-17(12-24-21(18)23)29-16-7-8-19-20(10-16)30-22(27-19)26-15-5-3-2-4-6-15;1-2/h7-13,15,22,26-27H,2-6H2,1H3;1-2H3. The van der Waals surface area contributed by atoms with Crippen LogP contribution in [0.5, 0.6) is 11.5 Å². The number of aryl methyl sites for hydroxylation is 1. The summed E-state index contributed by atoms with van der Waals surface area (Å²) < 4.78 is 7.84. The molecule has 1 fully saturated rings. The molecule has 3 aromatic rings. The van der Waals surface area contributed by atoms with E-state index in [4.69, 9.17) is 16.3 Å². The molecule has 1 aliphatic carbocycles. The summed E-state index contributed by atoms with van der Waals surface area (Å²) in [6, 6.07) is 8.64. The number of hydrogen-bond donors (Lipinski definition) is 2. The van der Waals surface area contributed by atoms with E-state index in [-0.39, 0.29) is 5.50 Å². The van der Waals surface area contributed by atoms with Gasteiger partial charge in [-0.3, -0.25) is 10.00 Å². The third-order valence-corrected chi connectivity index (χ3v) is 6.92. The molecule has 0 bridgehead atoms. The third-order valence-electron chi connectivity index (χ3n) is 5.54. The zero-order valence-corrected chi connectivity index (χ0v) is 20.3. The summed E-state index contributed by atoms with van der Waals surface area (Å²) in [6.07, 6.45) is 11.9. The maximum absolute atomic E-state index is 6.29. The van der Waals surface area contributed by atoms with Crippen LogP contribution in [0.2, 0.25) is 5.15 Å². The van der Waals surface area contributed by atoms with E-state index in [1.54, 1.807) is 17.1 Å². The van der Waals surface area contributed by atoms with E-state index in [1.807, 2.05) is 51.0 Å². The van der Waals surface area contributed by atoms with Gasteiger partial charge in [-0.25, -0.2) is 4.98 Å². The molecule has 5 rings (SSSR count). The van der Waals surface area contributed by atoms with Crippen molar-refractivity contribution < 1.29 is 4.74 Å². The van der Waals surface area contributed by atoms with Crippen LogP contribution in [-0.2, 0) is 7.05 Å². The monoisotopic (exact) mass is 471 g/mol. The second-order valence-corrected chi connectivity index (χ2v) is 9.32. The number of rotatable bonds is 5. The van der Waals surface area contributed by atoms with E-state index >= 15 is 0 Å². The van der Waals surface area contributed by atoms with Gasteiger partial charge in [0.25, 0.3) is 0 Å². The average Bonchev–Trinajstić information content (AvgIpc) is 3.42. The quantitative estimate of drug-likeness (QED) is 0.405. The molecule has 1 aliphatic heterocycles. The largest absolute Gasteiger partial charge is 0.456 e. The van der Waals surface area contributed by atoms with Crippen LogP contribution in [0.15, 0.2) is 47.8 Å². The molecule has 8 heteroatoms. The summed E-state index contributed by atoms with van der Waals surface area (Å²) in [5, 5.41) is 12.0. The van der Waals surface area contributed by atoms with Gasteiger partial charge in [0.05, 0.1) is 18.1 Å². The van der Waals surface area contributed by atoms with Crippen molar-refractivity contribution in [2.75, 3.05) is 5.32 Å². The molecule has 170 valence electrons. The van der Waals surface area contributed by atoms with Crippen molar-refractivity contribution in [2.24, 2.45) is 7.05 Å². The number of aromatic nitrogens is 3. The lowest BCUT2D eigenvalue weighted by Gasteiger charge is -2.26. The van der Waals surface area contributed by atoms with E-state index in [1.165, 1.54) is 37.0 Å². The van der Waals surface area contributed by atoms with Gasteiger partial charge in [0.1, 0.15) is 22.1 Å². The predicted octanol–water partition coefficient (Wildman–Crippen LogP) is 6.68. The molecule has 1 atom stereocenters. The molecule has 0 saturated heterocycles. The Labute approximate surface area is 199 Å². The van der Waals surface area contributed by atoms with Crippen LogP contribution in [0.1, 0.15) is 46.0 Å². The van der Waals surface area contributed by atoms with Crippen molar-refractivity contribution in [3.05, 3.63) is 48.0 Å². The fraction of sp³-hybridized carbons (Fsp3) is 0.417. The minimum atomic E-state index is 0.215. The maximum Gasteiger partial charge on any atom is 0.146 e. The molecule has 0 radical (unpaired) electrons. The Bertz CT molecular complexity index is 1050. The van der Waals surface area contributed by atoms with E-state index in [9.17, 15) is 0 Å². The van der Waals surface area contributed by atoms with E-state index in [2.05, 4.69) is 32.8 Å². The van der Waals surface area contributed by atoms with E-state index in [0.717, 1.165) is 22.6 Å². The Morgan fingerprint density at radius 1 is 1.12 bits per heavy atom. The van der Waals surface area contributed by atoms with E-state index < -0.39 is 0 Å². The fourth-order valence-electron chi connectivity index (χ4n) is 4.02. The topological polar surface area (TPSA) is 64.0 Å². The van der Waals surface area contributed by atoms with Crippen LogP contribution in [0, 0.1) is 0 Å². The van der Waals surface area contributed by atoms with Gasteiger partial charge in [-0.2, -0.15) is 5.10 Å². The first-order valence-corrected chi connectivity index (χ1v) is 12.6. The van der Waals surface area contributed by atoms with Crippen molar-refractivity contribution in [3.63, 3.8) is 0 Å². The Hall–Kier alpha value is -2.22. The first-order chi connectivity index (χ1) is 15.6. The highest BCUT2D eigenvalue weighted by Crippen LogP contribution is 2.41. The van der Waals surface area contributed by atoms with E-state index in [0.29, 0.717) is 16.9 Å². The predicted molar refractivity (Wildman–Crippen MR) is 133 cm³/mol. The highest BCUT2D eigenvalue weighted by Gasteiger charge is 2.25. The number of pyridine rings is 1. The minimum absolute atomic E-state index is 0.215. The summed E-state index contributed by atoms with van der Waals surface area (Å²) in [4.78, 5) is 5.48. The normalized spacial score (nSPS) is 17.8. The molecule has 0 spiro atoms. The molecule has 1 saturated carbocycles. The van der Waals surface area contributed by atoms with Crippen molar-refractivity contribution in [2.45, 2.75) is 62.4 Å². The van der Waals surface area contributed by atoms with Gasteiger partial charge in [-0.15, -0.1) is 0 Å². The van der Waals surface area contributed by atoms with Gasteiger partial charge in [0.2, 0.25) is 0 Å². The summed E-state index contributed by atoms with van der Waals surface area (Å²) in [5.41, 5.74) is 3.07. The fourth-order valence-corrected chi connectivity index (χ4v) is 5.37. The van der Waals surface area contributed by atoms with Gasteiger partial charge < -0.3 is 10.1 Å². The summed E-state index contributed by atoms with van der Waals surface area (Å²) >= 11 is 8.10. The number of nitrogens with one attached hydrogen (secondary N) is 2. The molecule has 1 aromatic carbocycles. The summed E-state index contributed by atoms with van der Waals surface area (Å²) in [6.45, 7) is 4.00. The minimum Gasteiger partial charge on any atom is -0.456 e. The van der Waals surface area contributed by atoms with Crippen molar-refractivity contribution in [3.8, 4) is 22.6 Å². The number of fused-ring (bicyclic) bond motifs is 1. The zero-order valence-electron chi connectivity index (χ0n) is 18.8. The molecular weight excluding hydrogens is 442 g/mol. The molecule has 0 amide bonds. The number of halogens is 1. The van der Waals surface area contributed by atoms with Gasteiger partial charge in [0, 0.05) is 35.3 Å². The first kappa shape index (κ1) is 23.0. The number of thioether (sulfide) groups is 1. The lowest BCUT2D eigenvalue weighted by molar-refractivity contribution is 0.375. The number of nitrogens with zero attached hydrogens (tertiary/aromatic N) is 3. The van der Waals surface area contributed by atoms with Crippen LogP contribution < -0.4 is 15.4 Å². The highest BCUT2D eigenvalue weighted by molar-refractivity contribution is 8.00. The van der Waals surface area contributed by atoms with Crippen LogP contribution in [-0.4, -0.2) is 26.3 Å². The Balaban J connectivity index is 0.00000119. The molecular formula is C24H30ClN5OS. The number of ether oxygens (including phenoxy) is 1. The SMILES string of the molecule is CC.Cn1cc(-c2cc(Oc3ccc4c(c3)SC(NC3CCCCC3)N4)cnc2Cl)cn1. The molecule has 1 unspecified atom stereocenters. The summed E-state index contributed by atoms with van der Waals surface area (Å²) in [5.74, 6) is 1.42. The van der Waals surface area contributed by atoms with Crippen LogP contribution in [0.4, 0.5) is 5.69 Å². The zero-order chi connectivity index (χ0) is 22.5. The van der Waals surface area contributed by atoms with Crippen molar-refractivity contribution in [1.29, 1.82) is 0 Å². The lowest BCUT2D eigenvalue weighted by Crippen LogP contribution is -2.40. The van der Waals surface area contributed by atoms with Crippen LogP contribution >= 0.6 is 23.4 Å². The third kappa shape index (κ3) is 5.39. The van der Waals surface area contributed by atoms with Gasteiger partial charge in [0.15, 0.2) is 0 Å². The van der Waals surface area contributed by atoms with Crippen molar-refractivity contribution >= 4 is 29.1 Å². The second kappa shape index (κ2) is 10.6. The Kier molecular flexibility index (Phi) is 7.60. The number of benzene rings is 1. The maximum atomic E-state index is 6.29. The number of hydrogen-bond acceptors (Lipinski definition) is 6. The molecule has 3 heterocycles. The lowest BCUT2D eigenvalue weighted by atomic mass is 9.96. The highest BCUT2D eigenvalue weighted by atomic mass is 35.5. The molecule has 6 nitrogen and oxygen atoms in total. The van der Waals surface area contributed by atoms with Gasteiger partial charge in [-0.05, 0) is 37.1 Å². The second-order valence-electron chi connectivity index (χ2n) is 7.82.